The Labute approximate surface area is 116 Å². The predicted molar refractivity (Wildman–Crippen MR) is 73.0 cm³/mol. The lowest BCUT2D eigenvalue weighted by Gasteiger charge is -2.03. The number of H-pyrrole nitrogens is 1. The Morgan fingerprint density at radius 2 is 2.00 bits per heavy atom. The van der Waals surface area contributed by atoms with Crippen LogP contribution in [-0.4, -0.2) is 16.7 Å². The molecular weight excluding hydrogens is 254 g/mol. The zero-order chi connectivity index (χ0) is 14.4. The fourth-order valence-corrected chi connectivity index (χ4v) is 1.73. The average molecular weight is 267 g/mol. The molecule has 0 saturated carbocycles. The van der Waals surface area contributed by atoms with Crippen molar-refractivity contribution in [2.24, 2.45) is 0 Å². The number of amides is 1. The van der Waals surface area contributed by atoms with Crippen molar-refractivity contribution >= 4 is 11.7 Å². The van der Waals surface area contributed by atoms with Gasteiger partial charge in [0.1, 0.15) is 5.69 Å². The number of carbonyl (C=O) groups excluding carboxylic acids is 2. The van der Waals surface area contributed by atoms with Gasteiger partial charge in [-0.05, 0) is 11.6 Å². The molecule has 1 heterocycles. The largest absolute Gasteiger partial charge is 0.356 e. The molecule has 0 unspecified atom stereocenters. The highest BCUT2D eigenvalue weighted by Crippen LogP contribution is 2.07. The quantitative estimate of drug-likeness (QED) is 0.813. The summed E-state index contributed by atoms with van der Waals surface area (Å²) < 4.78 is 0. The summed E-state index contributed by atoms with van der Waals surface area (Å²) in [6.07, 6.45) is 1.25. The van der Waals surface area contributed by atoms with Crippen molar-refractivity contribution in [3.63, 3.8) is 0 Å². The van der Waals surface area contributed by atoms with Crippen molar-refractivity contribution in [1.82, 2.24) is 10.3 Å². The molecule has 0 atom stereocenters. The minimum absolute atomic E-state index is 0.192. The fourth-order valence-electron chi connectivity index (χ4n) is 1.73. The molecule has 0 saturated heterocycles. The van der Waals surface area contributed by atoms with E-state index in [9.17, 15) is 9.59 Å². The topological polar surface area (TPSA) is 85.8 Å². The summed E-state index contributed by atoms with van der Waals surface area (Å²) in [5, 5.41) is 11.2. The Kier molecular flexibility index (Phi) is 4.30. The van der Waals surface area contributed by atoms with Crippen LogP contribution in [0.4, 0.5) is 0 Å². The number of aromatic nitrogens is 1. The zero-order valence-corrected chi connectivity index (χ0v) is 10.7. The second-order valence-electron chi connectivity index (χ2n) is 4.23. The van der Waals surface area contributed by atoms with Gasteiger partial charge in [0.25, 0.3) is 5.91 Å². The molecule has 0 bridgehead atoms. The maximum atomic E-state index is 11.9. The third-order valence-corrected chi connectivity index (χ3v) is 2.79. The molecule has 1 aromatic carbocycles. The van der Waals surface area contributed by atoms with Crippen LogP contribution in [0.3, 0.4) is 0 Å². The molecule has 1 aromatic heterocycles. The highest BCUT2D eigenvalue weighted by molar-refractivity contribution is 6.00. The first-order valence-corrected chi connectivity index (χ1v) is 6.11. The first-order valence-electron chi connectivity index (χ1n) is 6.11. The zero-order valence-electron chi connectivity index (χ0n) is 10.7. The van der Waals surface area contributed by atoms with E-state index in [1.165, 1.54) is 12.3 Å². The number of Topliss-reactive ketones (excluding diaryl/α,β-unsaturated/α-hetero) is 1. The van der Waals surface area contributed by atoms with Gasteiger partial charge in [0.05, 0.1) is 12.5 Å². The Bertz CT molecular complexity index is 653. The van der Waals surface area contributed by atoms with E-state index >= 15 is 0 Å². The molecule has 2 N–H and O–H groups in total. The van der Waals surface area contributed by atoms with Gasteiger partial charge in [-0.2, -0.15) is 5.26 Å². The first-order chi connectivity index (χ1) is 9.70. The molecule has 0 fully saturated rings. The molecule has 2 rings (SSSR count). The van der Waals surface area contributed by atoms with Crippen LogP contribution in [0.25, 0.3) is 0 Å². The second kappa shape index (κ2) is 6.34. The van der Waals surface area contributed by atoms with E-state index < -0.39 is 0 Å². The van der Waals surface area contributed by atoms with Crippen molar-refractivity contribution in [2.75, 3.05) is 0 Å². The van der Waals surface area contributed by atoms with Crippen molar-refractivity contribution in [3.8, 4) is 6.07 Å². The van der Waals surface area contributed by atoms with Gasteiger partial charge in [-0.1, -0.05) is 30.3 Å². The number of hydrogen-bond acceptors (Lipinski definition) is 3. The van der Waals surface area contributed by atoms with Gasteiger partial charge in [-0.15, -0.1) is 0 Å². The van der Waals surface area contributed by atoms with E-state index in [1.807, 2.05) is 30.3 Å². The van der Waals surface area contributed by atoms with E-state index in [1.54, 1.807) is 6.07 Å². The summed E-state index contributed by atoms with van der Waals surface area (Å²) in [7, 11) is 0. The molecule has 1 amide bonds. The van der Waals surface area contributed by atoms with Crippen LogP contribution in [0, 0.1) is 11.3 Å². The molecule has 5 heteroatoms. The molecule has 0 aliphatic heterocycles. The molecule has 100 valence electrons. The number of benzene rings is 1. The van der Waals surface area contributed by atoms with E-state index in [4.69, 9.17) is 5.26 Å². The van der Waals surface area contributed by atoms with Crippen molar-refractivity contribution < 1.29 is 9.59 Å². The van der Waals surface area contributed by atoms with Crippen LogP contribution in [-0.2, 0) is 6.54 Å². The van der Waals surface area contributed by atoms with E-state index in [-0.39, 0.29) is 18.1 Å². The summed E-state index contributed by atoms with van der Waals surface area (Å²) in [6, 6.07) is 12.8. The maximum Gasteiger partial charge on any atom is 0.267 e. The third-order valence-electron chi connectivity index (χ3n) is 2.79. The van der Waals surface area contributed by atoms with Crippen LogP contribution in [0.1, 0.15) is 32.8 Å². The minimum atomic E-state index is -0.300. The van der Waals surface area contributed by atoms with E-state index in [2.05, 4.69) is 10.3 Å². The highest BCUT2D eigenvalue weighted by atomic mass is 16.2. The Hall–Kier alpha value is -2.87. The first kappa shape index (κ1) is 13.6. The SMILES string of the molecule is N#CCC(=O)c1c[nH]c(C(=O)NCc2ccccc2)c1. The van der Waals surface area contributed by atoms with Gasteiger partial charge in [0, 0.05) is 18.3 Å². The number of nitrogens with zero attached hydrogens (tertiary/aromatic N) is 1. The smallest absolute Gasteiger partial charge is 0.267 e. The average Bonchev–Trinajstić information content (AvgIpc) is 2.96. The summed E-state index contributed by atoms with van der Waals surface area (Å²) in [6.45, 7) is 0.417. The molecule has 20 heavy (non-hydrogen) atoms. The van der Waals surface area contributed by atoms with Crippen LogP contribution < -0.4 is 5.32 Å². The molecule has 0 spiro atoms. The Balaban J connectivity index is 1.97. The van der Waals surface area contributed by atoms with Gasteiger partial charge >= 0.3 is 0 Å². The number of nitrogens with one attached hydrogen (secondary N) is 2. The Morgan fingerprint density at radius 1 is 1.25 bits per heavy atom. The second-order valence-corrected chi connectivity index (χ2v) is 4.23. The Morgan fingerprint density at radius 3 is 2.70 bits per heavy atom. The highest BCUT2D eigenvalue weighted by Gasteiger charge is 2.12. The standard InChI is InChI=1S/C15H13N3O2/c16-7-6-14(19)12-8-13(17-10-12)15(20)18-9-11-4-2-1-3-5-11/h1-5,8,10,17H,6,9H2,(H,18,20). The molecule has 0 aliphatic rings. The lowest BCUT2D eigenvalue weighted by molar-refractivity contribution is 0.0946. The molecule has 0 aliphatic carbocycles. The van der Waals surface area contributed by atoms with Crippen molar-refractivity contribution in [3.05, 3.63) is 59.4 Å². The summed E-state index contributed by atoms with van der Waals surface area (Å²) in [4.78, 5) is 26.1. The van der Waals surface area contributed by atoms with Gasteiger partial charge in [-0.25, -0.2) is 0 Å². The number of hydrogen-bond donors (Lipinski definition) is 2. The van der Waals surface area contributed by atoms with Crippen molar-refractivity contribution in [2.45, 2.75) is 13.0 Å². The summed E-state index contributed by atoms with van der Waals surface area (Å²) in [5.74, 6) is -0.587. The van der Waals surface area contributed by atoms with E-state index in [0.717, 1.165) is 5.56 Å². The van der Waals surface area contributed by atoms with E-state index in [0.29, 0.717) is 17.8 Å². The van der Waals surface area contributed by atoms with Gasteiger partial charge in [-0.3, -0.25) is 9.59 Å². The summed E-state index contributed by atoms with van der Waals surface area (Å²) in [5.41, 5.74) is 1.65. The molecule has 5 nitrogen and oxygen atoms in total. The number of aromatic amines is 1. The number of nitriles is 1. The third kappa shape index (κ3) is 3.33. The molecule has 2 aromatic rings. The maximum absolute atomic E-state index is 11.9. The lowest BCUT2D eigenvalue weighted by Crippen LogP contribution is -2.23. The number of rotatable bonds is 5. The molecule has 0 radical (unpaired) electrons. The predicted octanol–water partition coefficient (Wildman–Crippen LogP) is 2.04. The van der Waals surface area contributed by atoms with Gasteiger partial charge in [0.15, 0.2) is 5.78 Å². The normalized spacial score (nSPS) is 9.75. The van der Waals surface area contributed by atoms with Crippen LogP contribution >= 0.6 is 0 Å². The van der Waals surface area contributed by atoms with Gasteiger partial charge < -0.3 is 10.3 Å². The van der Waals surface area contributed by atoms with Crippen LogP contribution in [0.2, 0.25) is 0 Å². The fraction of sp³-hybridized carbons (Fsp3) is 0.133. The van der Waals surface area contributed by atoms with Crippen LogP contribution in [0.15, 0.2) is 42.6 Å². The van der Waals surface area contributed by atoms with Crippen LogP contribution in [0.5, 0.6) is 0 Å². The monoisotopic (exact) mass is 267 g/mol. The molecular formula is C15H13N3O2. The number of carbonyl (C=O) groups is 2. The summed E-state index contributed by atoms with van der Waals surface area (Å²) >= 11 is 0. The number of ketones is 1. The van der Waals surface area contributed by atoms with Crippen molar-refractivity contribution in [1.29, 1.82) is 5.26 Å². The minimum Gasteiger partial charge on any atom is -0.356 e. The lowest BCUT2D eigenvalue weighted by atomic mass is 10.1. The van der Waals surface area contributed by atoms with Gasteiger partial charge in [0.2, 0.25) is 0 Å².